The highest BCUT2D eigenvalue weighted by molar-refractivity contribution is 7.08. The molecule has 0 spiro atoms. The molecule has 0 saturated carbocycles. The number of nitrogens with zero attached hydrogens (tertiary/aromatic N) is 2. The molecule has 160 valence electrons. The molecule has 8 heteroatoms. The molecule has 2 aromatic heterocycles. The summed E-state index contributed by atoms with van der Waals surface area (Å²) in [5, 5.41) is 6.87. The summed E-state index contributed by atoms with van der Waals surface area (Å²) >= 11 is 1.59. The number of thiophene rings is 1. The minimum atomic E-state index is -0.117. The molecule has 7 nitrogen and oxygen atoms in total. The Balaban J connectivity index is 1.17. The molecule has 2 fully saturated rings. The van der Waals surface area contributed by atoms with Crippen LogP contribution >= 0.6 is 11.3 Å². The van der Waals surface area contributed by atoms with Crippen molar-refractivity contribution in [2.75, 3.05) is 19.7 Å². The van der Waals surface area contributed by atoms with Crippen LogP contribution in [0, 0.1) is 5.92 Å². The number of fused-ring (bicyclic) bond motifs is 1. The number of rotatable bonds is 6. The number of carbonyl (C=O) groups is 2. The third-order valence-corrected chi connectivity index (χ3v) is 6.60. The number of benzene rings is 1. The van der Waals surface area contributed by atoms with E-state index in [2.05, 4.69) is 10.3 Å². The molecule has 31 heavy (non-hydrogen) atoms. The maximum atomic E-state index is 12.7. The van der Waals surface area contributed by atoms with Crippen LogP contribution in [0.15, 0.2) is 51.8 Å². The molecule has 1 aromatic carbocycles. The molecule has 1 N–H and O–H groups in total. The van der Waals surface area contributed by atoms with Gasteiger partial charge in [0.1, 0.15) is 6.26 Å². The minimum absolute atomic E-state index is 0.00494. The highest BCUT2D eigenvalue weighted by atomic mass is 32.1. The van der Waals surface area contributed by atoms with Gasteiger partial charge in [-0.15, -0.1) is 0 Å². The van der Waals surface area contributed by atoms with Crippen molar-refractivity contribution in [1.29, 1.82) is 0 Å². The number of oxazole rings is 1. The van der Waals surface area contributed by atoms with Crippen molar-refractivity contribution in [2.24, 2.45) is 5.92 Å². The topological polar surface area (TPSA) is 84.7 Å². The van der Waals surface area contributed by atoms with E-state index in [9.17, 15) is 9.59 Å². The predicted octanol–water partition coefficient (Wildman–Crippen LogP) is 3.12. The maximum Gasteiger partial charge on any atom is 0.275 e. The largest absolute Gasteiger partial charge is 0.444 e. The van der Waals surface area contributed by atoms with E-state index in [-0.39, 0.29) is 17.9 Å². The van der Waals surface area contributed by atoms with Crippen LogP contribution in [-0.2, 0) is 22.5 Å². The lowest BCUT2D eigenvalue weighted by Crippen LogP contribution is -2.54. The third-order valence-electron chi connectivity index (χ3n) is 5.87. The fraction of sp³-hybridized carbons (Fsp3) is 0.348. The molecule has 2 aliphatic rings. The Morgan fingerprint density at radius 1 is 1.19 bits per heavy atom. The van der Waals surface area contributed by atoms with Gasteiger partial charge in [-0.2, -0.15) is 11.3 Å². The van der Waals surface area contributed by atoms with Gasteiger partial charge in [-0.3, -0.25) is 9.59 Å². The van der Waals surface area contributed by atoms with Crippen molar-refractivity contribution >= 4 is 23.2 Å². The molecular weight excluding hydrogens is 414 g/mol. The smallest absolute Gasteiger partial charge is 0.275 e. The molecule has 2 unspecified atom stereocenters. The molecule has 0 aliphatic carbocycles. The van der Waals surface area contributed by atoms with Gasteiger partial charge in [0.25, 0.3) is 5.91 Å². The van der Waals surface area contributed by atoms with Crippen LogP contribution in [0.1, 0.15) is 28.0 Å². The SMILES string of the molecule is O=C(Cc1ccsc1)NCc1ccc(-c2nc(C(=O)N3CCC4COC4C3)co2)cc1. The number of amides is 2. The first kappa shape index (κ1) is 20.0. The van der Waals surface area contributed by atoms with E-state index in [4.69, 9.17) is 9.15 Å². The van der Waals surface area contributed by atoms with Gasteiger partial charge < -0.3 is 19.4 Å². The highest BCUT2D eigenvalue weighted by Crippen LogP contribution is 2.30. The molecule has 4 heterocycles. The number of nitrogens with one attached hydrogen (secondary N) is 1. The van der Waals surface area contributed by atoms with E-state index >= 15 is 0 Å². The Morgan fingerprint density at radius 3 is 2.77 bits per heavy atom. The summed E-state index contributed by atoms with van der Waals surface area (Å²) in [6.07, 6.45) is 2.96. The van der Waals surface area contributed by atoms with Gasteiger partial charge in [0.2, 0.25) is 11.8 Å². The summed E-state index contributed by atoms with van der Waals surface area (Å²) in [6, 6.07) is 9.56. The van der Waals surface area contributed by atoms with E-state index < -0.39 is 0 Å². The quantitative estimate of drug-likeness (QED) is 0.641. The number of ether oxygens (including phenoxy) is 1. The summed E-state index contributed by atoms with van der Waals surface area (Å²) in [5.74, 6) is 0.880. The molecule has 2 saturated heterocycles. The van der Waals surface area contributed by atoms with Crippen molar-refractivity contribution in [3.63, 3.8) is 0 Å². The number of likely N-dealkylation sites (tertiary alicyclic amines) is 1. The number of aromatic nitrogens is 1. The van der Waals surface area contributed by atoms with Crippen LogP contribution in [0.3, 0.4) is 0 Å². The van der Waals surface area contributed by atoms with Crippen LogP contribution in [0.5, 0.6) is 0 Å². The van der Waals surface area contributed by atoms with Crippen LogP contribution in [0.2, 0.25) is 0 Å². The third kappa shape index (κ3) is 4.40. The normalized spacial score (nSPS) is 20.1. The Kier molecular flexibility index (Phi) is 5.57. The minimum Gasteiger partial charge on any atom is -0.444 e. The fourth-order valence-electron chi connectivity index (χ4n) is 3.93. The van der Waals surface area contributed by atoms with Crippen molar-refractivity contribution < 1.29 is 18.7 Å². The second-order valence-corrected chi connectivity index (χ2v) is 8.77. The zero-order chi connectivity index (χ0) is 21.2. The first-order valence-corrected chi connectivity index (χ1v) is 11.3. The lowest BCUT2D eigenvalue weighted by molar-refractivity contribution is -0.143. The molecule has 0 radical (unpaired) electrons. The molecule has 2 atom stereocenters. The summed E-state index contributed by atoms with van der Waals surface area (Å²) < 4.78 is 11.1. The maximum absolute atomic E-state index is 12.7. The van der Waals surface area contributed by atoms with Crippen molar-refractivity contribution in [3.05, 3.63) is 64.2 Å². The monoisotopic (exact) mass is 437 g/mol. The Labute approximate surface area is 184 Å². The molecule has 3 aromatic rings. The van der Waals surface area contributed by atoms with E-state index in [1.165, 1.54) is 6.26 Å². The fourth-order valence-corrected chi connectivity index (χ4v) is 4.60. The van der Waals surface area contributed by atoms with Gasteiger partial charge in [0.15, 0.2) is 5.69 Å². The Morgan fingerprint density at radius 2 is 2.06 bits per heavy atom. The van der Waals surface area contributed by atoms with E-state index in [1.54, 1.807) is 16.2 Å². The van der Waals surface area contributed by atoms with E-state index in [0.717, 1.165) is 36.3 Å². The number of carbonyl (C=O) groups excluding carboxylic acids is 2. The standard InChI is InChI=1S/C23H23N3O4S/c27-21(9-16-6-8-31-14-16)24-10-15-1-3-17(4-2-15)22-25-19(13-30-22)23(28)26-7-5-18-12-29-20(18)11-26/h1-4,6,8,13-14,18,20H,5,7,9-12H2,(H,24,27). The second-order valence-electron chi connectivity index (χ2n) is 7.99. The predicted molar refractivity (Wildman–Crippen MR) is 116 cm³/mol. The molecular formula is C23H23N3O4S. The zero-order valence-electron chi connectivity index (χ0n) is 17.0. The van der Waals surface area contributed by atoms with E-state index in [1.807, 2.05) is 41.1 Å². The van der Waals surface area contributed by atoms with Crippen LogP contribution in [-0.4, -0.2) is 47.5 Å². The lowest BCUT2D eigenvalue weighted by Gasteiger charge is -2.44. The molecule has 2 amide bonds. The van der Waals surface area contributed by atoms with Gasteiger partial charge in [-0.1, -0.05) is 12.1 Å². The summed E-state index contributed by atoms with van der Waals surface area (Å²) in [6.45, 7) is 2.63. The Hall–Kier alpha value is -2.97. The van der Waals surface area contributed by atoms with E-state index in [0.29, 0.717) is 37.0 Å². The lowest BCUT2D eigenvalue weighted by atomic mass is 9.90. The van der Waals surface area contributed by atoms with Crippen molar-refractivity contribution in [2.45, 2.75) is 25.5 Å². The first-order valence-electron chi connectivity index (χ1n) is 10.4. The summed E-state index contributed by atoms with van der Waals surface area (Å²) in [5.41, 5.74) is 3.11. The second kappa shape index (κ2) is 8.64. The summed E-state index contributed by atoms with van der Waals surface area (Å²) in [4.78, 5) is 31.0. The van der Waals surface area contributed by atoms with Crippen LogP contribution < -0.4 is 5.32 Å². The van der Waals surface area contributed by atoms with Crippen molar-refractivity contribution in [3.8, 4) is 11.5 Å². The average molecular weight is 438 g/mol. The van der Waals surface area contributed by atoms with Gasteiger partial charge >= 0.3 is 0 Å². The van der Waals surface area contributed by atoms with Crippen LogP contribution in [0.4, 0.5) is 0 Å². The zero-order valence-corrected chi connectivity index (χ0v) is 17.8. The van der Waals surface area contributed by atoms with Crippen LogP contribution in [0.25, 0.3) is 11.5 Å². The summed E-state index contributed by atoms with van der Waals surface area (Å²) in [7, 11) is 0. The first-order chi connectivity index (χ1) is 15.2. The average Bonchev–Trinajstić information content (AvgIpc) is 3.45. The highest BCUT2D eigenvalue weighted by Gasteiger charge is 2.39. The number of hydrogen-bond acceptors (Lipinski definition) is 6. The van der Waals surface area contributed by atoms with Gasteiger partial charge in [0.05, 0.1) is 19.1 Å². The van der Waals surface area contributed by atoms with Crippen molar-refractivity contribution in [1.82, 2.24) is 15.2 Å². The molecule has 2 aliphatic heterocycles. The van der Waals surface area contributed by atoms with Gasteiger partial charge in [-0.25, -0.2) is 4.98 Å². The number of hydrogen-bond donors (Lipinski definition) is 1. The van der Waals surface area contributed by atoms with Gasteiger partial charge in [0, 0.05) is 31.1 Å². The van der Waals surface area contributed by atoms with Gasteiger partial charge in [-0.05, 0) is 46.5 Å². The molecule has 5 rings (SSSR count). The molecule has 0 bridgehead atoms. The Bertz CT molecular complexity index is 1060. The number of piperidine rings is 1.